The van der Waals surface area contributed by atoms with Crippen molar-refractivity contribution in [2.24, 2.45) is 0 Å². The molecule has 0 saturated carbocycles. The predicted molar refractivity (Wildman–Crippen MR) is 154 cm³/mol. The lowest BCUT2D eigenvalue weighted by molar-refractivity contribution is 0.756. The second kappa shape index (κ2) is 7.60. The van der Waals surface area contributed by atoms with Crippen LogP contribution in [0.25, 0.3) is 22.3 Å². The first-order valence-electron chi connectivity index (χ1n) is 13.3. The van der Waals surface area contributed by atoms with Crippen molar-refractivity contribution in [1.82, 2.24) is 0 Å². The quantitative estimate of drug-likeness (QED) is 0.246. The molecule has 1 atom stereocenters. The van der Waals surface area contributed by atoms with Gasteiger partial charge in [-0.2, -0.15) is 0 Å². The summed E-state index contributed by atoms with van der Waals surface area (Å²) in [6.45, 7) is 4.72. The van der Waals surface area contributed by atoms with E-state index in [1.165, 1.54) is 72.8 Å². The molecule has 0 N–H and O–H groups in total. The van der Waals surface area contributed by atoms with Crippen LogP contribution in [0, 0.1) is 6.92 Å². The maximum atomic E-state index is 2.62. The first-order chi connectivity index (χ1) is 18.2. The Labute approximate surface area is 218 Å². The van der Waals surface area contributed by atoms with Crippen LogP contribution in [0.1, 0.15) is 34.7 Å². The van der Waals surface area contributed by atoms with E-state index >= 15 is 0 Å². The summed E-state index contributed by atoms with van der Waals surface area (Å²) in [5, 5.41) is 0. The monoisotopic (exact) mass is 476 g/mol. The van der Waals surface area contributed by atoms with Crippen LogP contribution in [0.15, 0.2) is 103 Å². The Kier molecular flexibility index (Phi) is 4.28. The fourth-order valence-electron chi connectivity index (χ4n) is 7.15. The number of hydrogen-bond acceptors (Lipinski definition) is 2. The van der Waals surface area contributed by atoms with Gasteiger partial charge in [0.25, 0.3) is 0 Å². The van der Waals surface area contributed by atoms with Gasteiger partial charge in [-0.3, -0.25) is 0 Å². The average Bonchev–Trinajstić information content (AvgIpc) is 3.59. The Morgan fingerprint density at radius 2 is 1.08 bits per heavy atom. The summed E-state index contributed by atoms with van der Waals surface area (Å²) in [7, 11) is 0. The molecule has 5 aromatic rings. The lowest BCUT2D eigenvalue weighted by Gasteiger charge is -2.33. The van der Waals surface area contributed by atoms with Crippen molar-refractivity contribution in [3.8, 4) is 22.3 Å². The average molecular weight is 477 g/mol. The second-order valence-electron chi connectivity index (χ2n) is 10.5. The highest BCUT2D eigenvalue weighted by Gasteiger charge is 2.40. The third kappa shape index (κ3) is 2.76. The molecule has 0 bridgehead atoms. The van der Waals surface area contributed by atoms with Crippen LogP contribution in [-0.4, -0.2) is 6.17 Å². The topological polar surface area (TPSA) is 6.48 Å². The Morgan fingerprint density at radius 1 is 0.568 bits per heavy atom. The zero-order valence-corrected chi connectivity index (χ0v) is 21.2. The molecule has 1 aliphatic heterocycles. The SMILES string of the molecule is Cc1c2c(c3c(c1N1c4ccccc4N(c4ccccc4)[C@@H]1C)Cc1ccccc1-3)-c1ccccc1C2. The molecule has 0 spiro atoms. The summed E-state index contributed by atoms with van der Waals surface area (Å²) >= 11 is 0. The van der Waals surface area contributed by atoms with Gasteiger partial charge in [-0.15, -0.1) is 0 Å². The molecule has 0 fully saturated rings. The van der Waals surface area contributed by atoms with Crippen molar-refractivity contribution in [3.05, 3.63) is 131 Å². The van der Waals surface area contributed by atoms with Crippen molar-refractivity contribution in [1.29, 1.82) is 0 Å². The van der Waals surface area contributed by atoms with Gasteiger partial charge in [0.15, 0.2) is 0 Å². The maximum Gasteiger partial charge on any atom is 0.108 e. The van der Waals surface area contributed by atoms with Gasteiger partial charge < -0.3 is 9.80 Å². The molecule has 178 valence electrons. The number of rotatable bonds is 2. The fourth-order valence-corrected chi connectivity index (χ4v) is 7.15. The minimum absolute atomic E-state index is 0.160. The van der Waals surface area contributed by atoms with E-state index in [4.69, 9.17) is 0 Å². The highest BCUT2D eigenvalue weighted by atomic mass is 15.4. The van der Waals surface area contributed by atoms with Crippen LogP contribution < -0.4 is 9.80 Å². The van der Waals surface area contributed by atoms with E-state index in [1.54, 1.807) is 0 Å². The van der Waals surface area contributed by atoms with Crippen LogP contribution >= 0.6 is 0 Å². The standard InChI is InChI=1S/C35H28N2/c1-22-29-20-24-12-6-8-16-27(24)33(29)34-28-17-9-7-13-25(28)21-30(34)35(22)37-23(2)36(26-14-4-3-5-15-26)31-18-10-11-19-32(31)37/h3-19,23H,20-21H2,1-2H3/t23-/m0/s1. The van der Waals surface area contributed by atoms with Crippen LogP contribution in [0.4, 0.5) is 22.7 Å². The summed E-state index contributed by atoms with van der Waals surface area (Å²) in [6, 6.07) is 37.8. The number of benzene rings is 5. The molecule has 2 nitrogen and oxygen atoms in total. The molecule has 0 radical (unpaired) electrons. The first kappa shape index (κ1) is 20.8. The van der Waals surface area contributed by atoms with Gasteiger partial charge in [0, 0.05) is 12.1 Å². The predicted octanol–water partition coefficient (Wildman–Crippen LogP) is 8.77. The normalized spacial score (nSPS) is 16.3. The molecule has 2 heteroatoms. The van der Waals surface area contributed by atoms with Crippen molar-refractivity contribution >= 4 is 22.7 Å². The van der Waals surface area contributed by atoms with E-state index in [9.17, 15) is 0 Å². The maximum absolute atomic E-state index is 2.62. The molecule has 37 heavy (non-hydrogen) atoms. The third-order valence-electron chi connectivity index (χ3n) is 8.68. The van der Waals surface area contributed by atoms with E-state index in [2.05, 4.69) is 127 Å². The third-order valence-corrected chi connectivity index (χ3v) is 8.68. The second-order valence-corrected chi connectivity index (χ2v) is 10.5. The van der Waals surface area contributed by atoms with Crippen molar-refractivity contribution in [2.45, 2.75) is 32.9 Å². The first-order valence-corrected chi connectivity index (χ1v) is 13.3. The molecule has 3 aliphatic rings. The molecule has 8 rings (SSSR count). The summed E-state index contributed by atoms with van der Waals surface area (Å²) < 4.78 is 0. The van der Waals surface area contributed by atoms with Gasteiger partial charge in [0.1, 0.15) is 6.17 Å². The zero-order valence-electron chi connectivity index (χ0n) is 21.2. The molecule has 0 saturated heterocycles. The van der Waals surface area contributed by atoms with E-state index in [0.29, 0.717) is 0 Å². The summed E-state index contributed by atoms with van der Waals surface area (Å²) in [4.78, 5) is 5.11. The number of para-hydroxylation sites is 3. The molecule has 5 aromatic carbocycles. The molecular formula is C35H28N2. The molecule has 0 amide bonds. The van der Waals surface area contributed by atoms with Gasteiger partial charge in [-0.1, -0.05) is 78.9 Å². The van der Waals surface area contributed by atoms with Crippen molar-refractivity contribution in [2.75, 3.05) is 9.80 Å². The zero-order chi connectivity index (χ0) is 24.7. The van der Waals surface area contributed by atoms with E-state index in [1.807, 2.05) is 0 Å². The summed E-state index contributed by atoms with van der Waals surface area (Å²) in [5.41, 5.74) is 18.2. The molecule has 0 aromatic heterocycles. The number of anilines is 4. The summed E-state index contributed by atoms with van der Waals surface area (Å²) in [6.07, 6.45) is 2.15. The lowest BCUT2D eigenvalue weighted by Crippen LogP contribution is -2.36. The highest BCUT2D eigenvalue weighted by Crippen LogP contribution is 2.57. The van der Waals surface area contributed by atoms with Crippen LogP contribution in [-0.2, 0) is 12.8 Å². The van der Waals surface area contributed by atoms with Crippen LogP contribution in [0.3, 0.4) is 0 Å². The van der Waals surface area contributed by atoms with E-state index < -0.39 is 0 Å². The van der Waals surface area contributed by atoms with E-state index in [-0.39, 0.29) is 6.17 Å². The Hall–Kier alpha value is -4.30. The number of hydrogen-bond donors (Lipinski definition) is 0. The minimum Gasteiger partial charge on any atom is -0.319 e. The van der Waals surface area contributed by atoms with Gasteiger partial charge in [-0.25, -0.2) is 0 Å². The van der Waals surface area contributed by atoms with Gasteiger partial charge in [0.2, 0.25) is 0 Å². The molecule has 0 unspecified atom stereocenters. The Bertz CT molecular complexity index is 1720. The number of nitrogens with zero attached hydrogens (tertiary/aromatic N) is 2. The van der Waals surface area contributed by atoms with Gasteiger partial charge in [0.05, 0.1) is 17.1 Å². The lowest BCUT2D eigenvalue weighted by atomic mass is 9.88. The summed E-state index contributed by atoms with van der Waals surface area (Å²) in [5.74, 6) is 0. The van der Waals surface area contributed by atoms with Crippen molar-refractivity contribution < 1.29 is 0 Å². The van der Waals surface area contributed by atoms with Crippen LogP contribution in [0.5, 0.6) is 0 Å². The fraction of sp³-hybridized carbons (Fsp3) is 0.143. The number of fused-ring (bicyclic) bond motifs is 8. The van der Waals surface area contributed by atoms with Crippen molar-refractivity contribution in [3.63, 3.8) is 0 Å². The van der Waals surface area contributed by atoms with E-state index in [0.717, 1.165) is 12.8 Å². The Balaban J connectivity index is 1.42. The minimum atomic E-state index is 0.160. The largest absolute Gasteiger partial charge is 0.319 e. The van der Waals surface area contributed by atoms with Gasteiger partial charge in [-0.05, 0) is 94.6 Å². The van der Waals surface area contributed by atoms with Gasteiger partial charge >= 0.3 is 0 Å². The molecule has 2 aliphatic carbocycles. The highest BCUT2D eigenvalue weighted by molar-refractivity contribution is 6.02. The smallest absolute Gasteiger partial charge is 0.108 e. The van der Waals surface area contributed by atoms with Crippen LogP contribution in [0.2, 0.25) is 0 Å². The molecular weight excluding hydrogens is 448 g/mol. The molecule has 1 heterocycles. The Morgan fingerprint density at radius 3 is 1.76 bits per heavy atom.